The zero-order valence-corrected chi connectivity index (χ0v) is 13.3. The highest BCUT2D eigenvalue weighted by Crippen LogP contribution is 2.38. The van der Waals surface area contributed by atoms with Crippen molar-refractivity contribution in [1.29, 1.82) is 0 Å². The Bertz CT molecular complexity index is 700. The summed E-state index contributed by atoms with van der Waals surface area (Å²) in [5.41, 5.74) is 1.43. The molecule has 7 nitrogen and oxygen atoms in total. The molecule has 1 aromatic carbocycles. The van der Waals surface area contributed by atoms with Crippen LogP contribution >= 0.6 is 0 Å². The van der Waals surface area contributed by atoms with E-state index in [-0.39, 0.29) is 5.91 Å². The van der Waals surface area contributed by atoms with Crippen LogP contribution in [-0.2, 0) is 13.0 Å². The first-order chi connectivity index (χ1) is 11.2. The number of methoxy groups -OCH3 is 3. The molecule has 23 heavy (non-hydrogen) atoms. The second kappa shape index (κ2) is 6.20. The summed E-state index contributed by atoms with van der Waals surface area (Å²) in [6.45, 7) is 1.06. The van der Waals surface area contributed by atoms with E-state index in [1.165, 1.54) is 21.3 Å². The van der Waals surface area contributed by atoms with Crippen molar-refractivity contribution in [3.05, 3.63) is 35.2 Å². The van der Waals surface area contributed by atoms with Crippen LogP contribution in [0.4, 0.5) is 0 Å². The van der Waals surface area contributed by atoms with E-state index in [2.05, 4.69) is 5.16 Å². The van der Waals surface area contributed by atoms with E-state index >= 15 is 0 Å². The van der Waals surface area contributed by atoms with Crippen LogP contribution in [0, 0.1) is 0 Å². The summed E-state index contributed by atoms with van der Waals surface area (Å²) in [6.07, 6.45) is 2.31. The Balaban J connectivity index is 1.91. The van der Waals surface area contributed by atoms with Gasteiger partial charge in [0.1, 0.15) is 5.76 Å². The summed E-state index contributed by atoms with van der Waals surface area (Å²) >= 11 is 0. The Kier molecular flexibility index (Phi) is 4.10. The highest BCUT2D eigenvalue weighted by Gasteiger charge is 2.26. The van der Waals surface area contributed by atoms with Crippen LogP contribution in [0.25, 0.3) is 0 Å². The summed E-state index contributed by atoms with van der Waals surface area (Å²) in [5, 5.41) is 3.78. The molecule has 0 saturated heterocycles. The third-order valence-corrected chi connectivity index (χ3v) is 3.90. The highest BCUT2D eigenvalue weighted by molar-refractivity contribution is 5.95. The van der Waals surface area contributed by atoms with E-state index in [9.17, 15) is 4.79 Å². The fourth-order valence-corrected chi connectivity index (χ4v) is 2.70. The van der Waals surface area contributed by atoms with Crippen molar-refractivity contribution >= 4 is 5.91 Å². The Hall–Kier alpha value is -2.70. The molecule has 1 aliphatic heterocycles. The van der Waals surface area contributed by atoms with Crippen molar-refractivity contribution in [3.63, 3.8) is 0 Å². The van der Waals surface area contributed by atoms with Gasteiger partial charge in [-0.15, -0.1) is 0 Å². The Morgan fingerprint density at radius 1 is 1.17 bits per heavy atom. The maximum Gasteiger partial charge on any atom is 0.254 e. The number of amides is 1. The first kappa shape index (κ1) is 15.2. The number of fused-ring (bicyclic) bond motifs is 1. The van der Waals surface area contributed by atoms with Crippen LogP contribution in [0.5, 0.6) is 17.2 Å². The van der Waals surface area contributed by atoms with Crippen molar-refractivity contribution in [2.24, 2.45) is 0 Å². The van der Waals surface area contributed by atoms with E-state index in [4.69, 9.17) is 18.7 Å². The van der Waals surface area contributed by atoms with E-state index < -0.39 is 0 Å². The summed E-state index contributed by atoms with van der Waals surface area (Å²) in [6, 6.07) is 3.32. The zero-order valence-electron chi connectivity index (χ0n) is 13.3. The Morgan fingerprint density at radius 2 is 1.87 bits per heavy atom. The molecule has 0 fully saturated rings. The number of hydrogen-bond donors (Lipinski definition) is 0. The van der Waals surface area contributed by atoms with E-state index in [1.807, 2.05) is 0 Å². The summed E-state index contributed by atoms with van der Waals surface area (Å²) < 4.78 is 21.0. The second-order valence-corrected chi connectivity index (χ2v) is 5.16. The molecule has 122 valence electrons. The van der Waals surface area contributed by atoms with Crippen LogP contribution < -0.4 is 14.2 Å². The van der Waals surface area contributed by atoms with Crippen molar-refractivity contribution in [1.82, 2.24) is 10.1 Å². The Labute approximate surface area is 133 Å². The van der Waals surface area contributed by atoms with Gasteiger partial charge < -0.3 is 23.6 Å². The summed E-state index contributed by atoms with van der Waals surface area (Å²) in [4.78, 5) is 14.5. The molecule has 1 aromatic heterocycles. The minimum Gasteiger partial charge on any atom is -0.493 e. The van der Waals surface area contributed by atoms with Crippen molar-refractivity contribution in [3.8, 4) is 17.2 Å². The third kappa shape index (κ3) is 2.69. The number of aromatic nitrogens is 1. The third-order valence-electron chi connectivity index (χ3n) is 3.90. The Morgan fingerprint density at radius 3 is 2.48 bits per heavy atom. The standard InChI is InChI=1S/C16H18N2O5/c1-20-13-6-10(7-14(21-2)15(13)22-3)16(19)18-5-4-12-11(9-18)8-17-23-12/h6-8H,4-5,9H2,1-3H3. The smallest absolute Gasteiger partial charge is 0.254 e. The van der Waals surface area contributed by atoms with Crippen LogP contribution in [0.15, 0.2) is 22.9 Å². The number of rotatable bonds is 4. The topological polar surface area (TPSA) is 74.0 Å². The predicted molar refractivity (Wildman–Crippen MR) is 81.0 cm³/mol. The van der Waals surface area contributed by atoms with Crippen molar-refractivity contribution in [2.75, 3.05) is 27.9 Å². The molecular formula is C16H18N2O5. The first-order valence-electron chi connectivity index (χ1n) is 7.19. The number of hydrogen-bond acceptors (Lipinski definition) is 6. The minimum atomic E-state index is -0.101. The van der Waals surface area contributed by atoms with Gasteiger partial charge in [0.15, 0.2) is 11.5 Å². The lowest BCUT2D eigenvalue weighted by molar-refractivity contribution is 0.0728. The van der Waals surface area contributed by atoms with Crippen LogP contribution in [0.2, 0.25) is 0 Å². The quantitative estimate of drug-likeness (QED) is 0.857. The molecule has 1 aliphatic rings. The van der Waals surface area contributed by atoms with Crippen LogP contribution in [0.3, 0.4) is 0 Å². The maximum atomic E-state index is 12.8. The van der Waals surface area contributed by atoms with E-state index in [0.717, 1.165) is 11.3 Å². The van der Waals surface area contributed by atoms with Gasteiger partial charge in [-0.25, -0.2) is 0 Å². The highest BCUT2D eigenvalue weighted by atomic mass is 16.5. The molecule has 0 spiro atoms. The molecular weight excluding hydrogens is 300 g/mol. The number of benzene rings is 1. The molecule has 0 unspecified atom stereocenters. The molecule has 2 heterocycles. The number of nitrogens with zero attached hydrogens (tertiary/aromatic N) is 2. The van der Waals surface area contributed by atoms with Gasteiger partial charge in [-0.1, -0.05) is 5.16 Å². The first-order valence-corrected chi connectivity index (χ1v) is 7.19. The molecule has 0 atom stereocenters. The van der Waals surface area contributed by atoms with Crippen molar-refractivity contribution in [2.45, 2.75) is 13.0 Å². The normalized spacial score (nSPS) is 13.4. The fraction of sp³-hybridized carbons (Fsp3) is 0.375. The molecule has 3 rings (SSSR count). The predicted octanol–water partition coefficient (Wildman–Crippen LogP) is 1.90. The van der Waals surface area contributed by atoms with Gasteiger partial charge in [-0.2, -0.15) is 0 Å². The minimum absolute atomic E-state index is 0.101. The van der Waals surface area contributed by atoms with Gasteiger partial charge in [0.2, 0.25) is 5.75 Å². The lowest BCUT2D eigenvalue weighted by Crippen LogP contribution is -2.35. The van der Waals surface area contributed by atoms with Crippen LogP contribution in [0.1, 0.15) is 21.7 Å². The van der Waals surface area contributed by atoms with Crippen LogP contribution in [-0.4, -0.2) is 43.8 Å². The second-order valence-electron chi connectivity index (χ2n) is 5.16. The molecule has 1 amide bonds. The van der Waals surface area contributed by atoms with Gasteiger partial charge in [0, 0.05) is 24.1 Å². The SMILES string of the molecule is COc1cc(C(=O)N2CCc3oncc3C2)cc(OC)c1OC. The molecule has 7 heteroatoms. The van der Waals surface area contributed by atoms with Gasteiger partial charge in [0.25, 0.3) is 5.91 Å². The van der Waals surface area contributed by atoms with E-state index in [1.54, 1.807) is 23.2 Å². The molecule has 0 saturated carbocycles. The van der Waals surface area contributed by atoms with E-state index in [0.29, 0.717) is 42.3 Å². The molecule has 2 aromatic rings. The van der Waals surface area contributed by atoms with Gasteiger partial charge in [-0.05, 0) is 12.1 Å². The molecule has 0 aliphatic carbocycles. The number of ether oxygens (including phenoxy) is 3. The largest absolute Gasteiger partial charge is 0.493 e. The molecule has 0 radical (unpaired) electrons. The zero-order chi connectivity index (χ0) is 16.4. The van der Waals surface area contributed by atoms with Crippen molar-refractivity contribution < 1.29 is 23.5 Å². The monoisotopic (exact) mass is 318 g/mol. The number of carbonyl (C=O) groups excluding carboxylic acids is 1. The van der Waals surface area contributed by atoms with Gasteiger partial charge in [-0.3, -0.25) is 4.79 Å². The average molecular weight is 318 g/mol. The fourth-order valence-electron chi connectivity index (χ4n) is 2.70. The lowest BCUT2D eigenvalue weighted by Gasteiger charge is -2.26. The molecule has 0 N–H and O–H groups in total. The van der Waals surface area contributed by atoms with Gasteiger partial charge in [0.05, 0.1) is 34.1 Å². The molecule has 0 bridgehead atoms. The lowest BCUT2D eigenvalue weighted by atomic mass is 10.1. The summed E-state index contributed by atoms with van der Waals surface area (Å²) in [5.74, 6) is 2.12. The summed E-state index contributed by atoms with van der Waals surface area (Å²) in [7, 11) is 4.58. The number of carbonyl (C=O) groups is 1. The van der Waals surface area contributed by atoms with Gasteiger partial charge >= 0.3 is 0 Å². The maximum absolute atomic E-state index is 12.8. The average Bonchev–Trinajstić information content (AvgIpc) is 3.07.